The highest BCUT2D eigenvalue weighted by Crippen LogP contribution is 2.21. The van der Waals surface area contributed by atoms with Crippen molar-refractivity contribution >= 4 is 21.9 Å². The molecule has 2 rings (SSSR count). The second-order valence-electron chi connectivity index (χ2n) is 3.87. The maximum absolute atomic E-state index is 13.3. The Hall–Kier alpha value is -1.88. The lowest BCUT2D eigenvalue weighted by atomic mass is 10.1. The Kier molecular flexibility index (Phi) is 4.16. The van der Waals surface area contributed by atoms with Crippen LogP contribution in [0.2, 0.25) is 0 Å². The number of hydrogen-bond acceptors (Lipinski definition) is 2. The molecule has 2 aromatic rings. The molecule has 0 spiro atoms. The van der Waals surface area contributed by atoms with Gasteiger partial charge in [-0.1, -0.05) is 12.1 Å². The predicted molar refractivity (Wildman–Crippen MR) is 71.8 cm³/mol. The van der Waals surface area contributed by atoms with Crippen molar-refractivity contribution in [3.63, 3.8) is 0 Å². The minimum atomic E-state index is -0.989. The molecule has 0 heterocycles. The summed E-state index contributed by atoms with van der Waals surface area (Å²) in [5, 5.41) is 8.87. The summed E-state index contributed by atoms with van der Waals surface area (Å²) in [7, 11) is 0. The predicted octanol–water partition coefficient (Wildman–Crippen LogP) is 3.87. The van der Waals surface area contributed by atoms with E-state index < -0.39 is 11.8 Å². The molecule has 0 aliphatic heterocycles. The summed E-state index contributed by atoms with van der Waals surface area (Å²) in [5.74, 6) is -1.00. The number of aromatic carboxylic acids is 1. The van der Waals surface area contributed by atoms with Crippen molar-refractivity contribution in [1.29, 1.82) is 0 Å². The van der Waals surface area contributed by atoms with Gasteiger partial charge in [-0.15, -0.1) is 0 Å². The Bertz CT molecular complexity index is 613. The third kappa shape index (κ3) is 3.54. The van der Waals surface area contributed by atoms with Crippen molar-refractivity contribution in [3.05, 3.63) is 63.9 Å². The standard InChI is InChI=1S/C14H10BrFO3/c15-12-5-4-11(7-13(12)16)19-8-9-2-1-3-10(6-9)14(17)18/h1-7H,8H2,(H,17,18). The fraction of sp³-hybridized carbons (Fsp3) is 0.0714. The van der Waals surface area contributed by atoms with Gasteiger partial charge in [0.1, 0.15) is 18.2 Å². The van der Waals surface area contributed by atoms with Gasteiger partial charge in [-0.2, -0.15) is 0 Å². The normalized spacial score (nSPS) is 10.2. The summed E-state index contributed by atoms with van der Waals surface area (Å²) < 4.78 is 19.0. The molecular weight excluding hydrogens is 315 g/mol. The van der Waals surface area contributed by atoms with E-state index in [4.69, 9.17) is 9.84 Å². The highest BCUT2D eigenvalue weighted by atomic mass is 79.9. The zero-order chi connectivity index (χ0) is 13.8. The summed E-state index contributed by atoms with van der Waals surface area (Å²) in [6, 6.07) is 10.9. The van der Waals surface area contributed by atoms with Gasteiger partial charge in [-0.3, -0.25) is 0 Å². The molecule has 3 nitrogen and oxygen atoms in total. The molecule has 0 unspecified atom stereocenters. The Morgan fingerprint density at radius 2 is 2.05 bits per heavy atom. The van der Waals surface area contributed by atoms with E-state index >= 15 is 0 Å². The number of benzene rings is 2. The van der Waals surface area contributed by atoms with Crippen LogP contribution in [0.4, 0.5) is 4.39 Å². The number of carboxylic acid groups (broad SMARTS) is 1. The molecule has 0 amide bonds. The summed E-state index contributed by atoms with van der Waals surface area (Å²) in [4.78, 5) is 10.8. The van der Waals surface area contributed by atoms with Crippen LogP contribution in [0.25, 0.3) is 0 Å². The van der Waals surface area contributed by atoms with Gasteiger partial charge in [-0.05, 0) is 45.8 Å². The van der Waals surface area contributed by atoms with E-state index in [0.29, 0.717) is 15.8 Å². The van der Waals surface area contributed by atoms with Crippen molar-refractivity contribution in [3.8, 4) is 5.75 Å². The lowest BCUT2D eigenvalue weighted by Gasteiger charge is -2.07. The first-order valence-electron chi connectivity index (χ1n) is 5.46. The zero-order valence-electron chi connectivity index (χ0n) is 9.77. The Morgan fingerprint density at radius 1 is 1.26 bits per heavy atom. The quantitative estimate of drug-likeness (QED) is 0.928. The third-order valence-electron chi connectivity index (χ3n) is 2.47. The van der Waals surface area contributed by atoms with Crippen molar-refractivity contribution in [2.75, 3.05) is 0 Å². The molecule has 2 aromatic carbocycles. The molecule has 0 radical (unpaired) electrons. The van der Waals surface area contributed by atoms with Crippen LogP contribution >= 0.6 is 15.9 Å². The van der Waals surface area contributed by atoms with Crippen LogP contribution < -0.4 is 4.74 Å². The number of carboxylic acids is 1. The van der Waals surface area contributed by atoms with Crippen LogP contribution in [0.3, 0.4) is 0 Å². The number of rotatable bonds is 4. The highest BCUT2D eigenvalue weighted by Gasteiger charge is 2.05. The second-order valence-corrected chi connectivity index (χ2v) is 4.72. The molecule has 5 heteroatoms. The first-order chi connectivity index (χ1) is 9.06. The molecular formula is C14H10BrFO3. The Balaban J connectivity index is 2.07. The van der Waals surface area contributed by atoms with Crippen molar-refractivity contribution < 1.29 is 19.0 Å². The van der Waals surface area contributed by atoms with E-state index in [1.807, 2.05) is 0 Å². The molecule has 0 saturated heterocycles. The van der Waals surface area contributed by atoms with E-state index in [2.05, 4.69) is 15.9 Å². The number of hydrogen-bond donors (Lipinski definition) is 1. The van der Waals surface area contributed by atoms with Gasteiger partial charge in [0.05, 0.1) is 10.0 Å². The third-order valence-corrected chi connectivity index (χ3v) is 3.11. The molecule has 0 atom stereocenters. The maximum atomic E-state index is 13.3. The summed E-state index contributed by atoms with van der Waals surface area (Å²) >= 11 is 3.06. The fourth-order valence-corrected chi connectivity index (χ4v) is 1.77. The van der Waals surface area contributed by atoms with Crippen LogP contribution in [-0.2, 0) is 6.61 Å². The highest BCUT2D eigenvalue weighted by molar-refractivity contribution is 9.10. The summed E-state index contributed by atoms with van der Waals surface area (Å²) in [6.07, 6.45) is 0. The van der Waals surface area contributed by atoms with Gasteiger partial charge >= 0.3 is 5.97 Å². The Morgan fingerprint density at radius 3 is 2.74 bits per heavy atom. The van der Waals surface area contributed by atoms with Gasteiger partial charge in [0.2, 0.25) is 0 Å². The van der Waals surface area contributed by atoms with E-state index in [0.717, 1.165) is 0 Å². The van der Waals surface area contributed by atoms with Gasteiger partial charge < -0.3 is 9.84 Å². The molecule has 19 heavy (non-hydrogen) atoms. The van der Waals surface area contributed by atoms with Gasteiger partial charge in [-0.25, -0.2) is 9.18 Å². The average Bonchev–Trinajstić information content (AvgIpc) is 2.40. The molecule has 98 valence electrons. The van der Waals surface area contributed by atoms with Crippen LogP contribution in [0.15, 0.2) is 46.9 Å². The van der Waals surface area contributed by atoms with E-state index in [1.54, 1.807) is 24.3 Å². The molecule has 0 aliphatic rings. The van der Waals surface area contributed by atoms with E-state index in [1.165, 1.54) is 18.2 Å². The first kappa shape index (κ1) is 13.5. The van der Waals surface area contributed by atoms with Crippen molar-refractivity contribution in [1.82, 2.24) is 0 Å². The fourth-order valence-electron chi connectivity index (χ4n) is 1.53. The van der Waals surface area contributed by atoms with Crippen LogP contribution in [0.5, 0.6) is 5.75 Å². The molecule has 0 saturated carbocycles. The smallest absolute Gasteiger partial charge is 0.335 e. The van der Waals surface area contributed by atoms with Gasteiger partial charge in [0, 0.05) is 6.07 Å². The number of carbonyl (C=O) groups is 1. The van der Waals surface area contributed by atoms with Crippen LogP contribution in [0, 0.1) is 5.82 Å². The largest absolute Gasteiger partial charge is 0.489 e. The lowest BCUT2D eigenvalue weighted by molar-refractivity contribution is 0.0696. The minimum Gasteiger partial charge on any atom is -0.489 e. The molecule has 0 bridgehead atoms. The zero-order valence-corrected chi connectivity index (χ0v) is 11.4. The molecule has 1 N–H and O–H groups in total. The second kappa shape index (κ2) is 5.84. The van der Waals surface area contributed by atoms with Crippen molar-refractivity contribution in [2.45, 2.75) is 6.61 Å². The van der Waals surface area contributed by atoms with Crippen LogP contribution in [0.1, 0.15) is 15.9 Å². The van der Waals surface area contributed by atoms with E-state index in [-0.39, 0.29) is 12.2 Å². The van der Waals surface area contributed by atoms with E-state index in [9.17, 15) is 9.18 Å². The Labute approximate surface area is 117 Å². The molecule has 0 fully saturated rings. The molecule has 0 aromatic heterocycles. The maximum Gasteiger partial charge on any atom is 0.335 e. The van der Waals surface area contributed by atoms with Crippen LogP contribution in [-0.4, -0.2) is 11.1 Å². The monoisotopic (exact) mass is 324 g/mol. The number of ether oxygens (including phenoxy) is 1. The minimum absolute atomic E-state index is 0.183. The number of halogens is 2. The first-order valence-corrected chi connectivity index (χ1v) is 6.25. The topological polar surface area (TPSA) is 46.5 Å². The van der Waals surface area contributed by atoms with Gasteiger partial charge in [0.25, 0.3) is 0 Å². The van der Waals surface area contributed by atoms with Crippen molar-refractivity contribution in [2.24, 2.45) is 0 Å². The molecule has 0 aliphatic carbocycles. The summed E-state index contributed by atoms with van der Waals surface area (Å²) in [5.41, 5.74) is 0.909. The average molecular weight is 325 g/mol. The summed E-state index contributed by atoms with van der Waals surface area (Å²) in [6.45, 7) is 0.183. The lowest BCUT2D eigenvalue weighted by Crippen LogP contribution is -2.00. The SMILES string of the molecule is O=C(O)c1cccc(COc2ccc(Br)c(F)c2)c1. The van der Waals surface area contributed by atoms with Gasteiger partial charge in [0.15, 0.2) is 0 Å².